The van der Waals surface area contributed by atoms with Crippen molar-refractivity contribution in [1.29, 1.82) is 0 Å². The molecule has 1 unspecified atom stereocenters. The molecule has 0 spiro atoms. The Balaban J connectivity index is 1.31. The van der Waals surface area contributed by atoms with Crippen LogP contribution in [0.5, 0.6) is 5.75 Å². The summed E-state index contributed by atoms with van der Waals surface area (Å²) in [7, 11) is 0. The molecule has 8 nitrogen and oxygen atoms in total. The number of carbonyl (C=O) groups is 2. The largest absolute Gasteiger partial charge is 0.492 e. The molecule has 1 amide bonds. The highest BCUT2D eigenvalue weighted by molar-refractivity contribution is 7.11. The third-order valence-corrected chi connectivity index (χ3v) is 7.02. The lowest BCUT2D eigenvalue weighted by Gasteiger charge is -2.36. The Kier molecular flexibility index (Phi) is 7.82. The van der Waals surface area contributed by atoms with Crippen LogP contribution in [-0.4, -0.2) is 72.1 Å². The third kappa shape index (κ3) is 5.65. The summed E-state index contributed by atoms with van der Waals surface area (Å²) < 4.78 is 10.9. The van der Waals surface area contributed by atoms with Crippen molar-refractivity contribution in [3.63, 3.8) is 0 Å². The molecule has 2 aromatic rings. The van der Waals surface area contributed by atoms with Crippen LogP contribution in [0, 0.1) is 0 Å². The predicted octanol–water partition coefficient (Wildman–Crippen LogP) is 2.92. The van der Waals surface area contributed by atoms with Crippen molar-refractivity contribution in [3.05, 3.63) is 40.3 Å². The maximum absolute atomic E-state index is 12.3. The standard InChI is InChI=1S/C24H32N4O4S/c1-3-31-21-8-6-5-7-19(21)27-13-11-26(12-14-27)17-22-25-15-18(33-22)16-28-20(9-10-23(28)29)24(30)32-4-2/h5-8,15,20H,3-4,9-14,16-17H2,1-2H3. The Morgan fingerprint density at radius 2 is 1.91 bits per heavy atom. The van der Waals surface area contributed by atoms with Crippen LogP contribution in [-0.2, 0) is 27.4 Å². The number of anilines is 1. The van der Waals surface area contributed by atoms with Gasteiger partial charge in [0.2, 0.25) is 5.91 Å². The molecule has 0 saturated carbocycles. The number of amides is 1. The van der Waals surface area contributed by atoms with E-state index in [1.165, 1.54) is 0 Å². The number of hydrogen-bond acceptors (Lipinski definition) is 8. The first-order valence-corrected chi connectivity index (χ1v) is 12.5. The molecule has 0 N–H and O–H groups in total. The number of hydrogen-bond donors (Lipinski definition) is 0. The van der Waals surface area contributed by atoms with E-state index in [2.05, 4.69) is 26.9 Å². The number of para-hydroxylation sites is 2. The number of aromatic nitrogens is 1. The normalized spacial score (nSPS) is 19.2. The maximum Gasteiger partial charge on any atom is 0.328 e. The van der Waals surface area contributed by atoms with Crippen molar-refractivity contribution in [3.8, 4) is 5.75 Å². The molecule has 178 valence electrons. The Morgan fingerprint density at radius 3 is 2.67 bits per heavy atom. The first kappa shape index (κ1) is 23.5. The number of carbonyl (C=O) groups excluding carboxylic acids is 2. The molecule has 33 heavy (non-hydrogen) atoms. The zero-order valence-electron chi connectivity index (χ0n) is 19.4. The van der Waals surface area contributed by atoms with E-state index in [1.807, 2.05) is 25.3 Å². The Bertz CT molecular complexity index is 957. The number of esters is 1. The molecule has 4 rings (SSSR count). The zero-order chi connectivity index (χ0) is 23.2. The van der Waals surface area contributed by atoms with Crippen LogP contribution in [0.15, 0.2) is 30.5 Å². The summed E-state index contributed by atoms with van der Waals surface area (Å²) in [5.74, 6) is 0.638. The Morgan fingerprint density at radius 1 is 1.12 bits per heavy atom. The van der Waals surface area contributed by atoms with Gasteiger partial charge in [-0.3, -0.25) is 9.69 Å². The summed E-state index contributed by atoms with van der Waals surface area (Å²) in [6.45, 7) is 9.76. The SMILES string of the molecule is CCOC(=O)C1CCC(=O)N1Cc1cnc(CN2CCN(c3ccccc3OCC)CC2)s1. The summed E-state index contributed by atoms with van der Waals surface area (Å²) in [5, 5.41) is 1.03. The molecular formula is C24H32N4O4S. The lowest BCUT2D eigenvalue weighted by molar-refractivity contribution is -0.151. The molecule has 2 aliphatic rings. The second-order valence-corrected chi connectivity index (χ2v) is 9.41. The average Bonchev–Trinajstić information content (AvgIpc) is 3.42. The van der Waals surface area contributed by atoms with E-state index in [0.717, 1.165) is 54.0 Å². The molecule has 1 atom stereocenters. The molecule has 9 heteroatoms. The van der Waals surface area contributed by atoms with E-state index >= 15 is 0 Å². The van der Waals surface area contributed by atoms with E-state index in [-0.39, 0.29) is 11.9 Å². The number of piperazine rings is 1. The van der Waals surface area contributed by atoms with Gasteiger partial charge in [-0.25, -0.2) is 9.78 Å². The molecule has 2 aliphatic heterocycles. The van der Waals surface area contributed by atoms with Gasteiger partial charge in [0.05, 0.1) is 32.0 Å². The molecule has 3 heterocycles. The highest BCUT2D eigenvalue weighted by Crippen LogP contribution is 2.29. The lowest BCUT2D eigenvalue weighted by atomic mass is 10.2. The van der Waals surface area contributed by atoms with Gasteiger partial charge in [0, 0.05) is 43.7 Å². The topological polar surface area (TPSA) is 75.2 Å². The van der Waals surface area contributed by atoms with Crippen molar-refractivity contribution in [2.24, 2.45) is 0 Å². The fraction of sp³-hybridized carbons (Fsp3) is 0.542. The van der Waals surface area contributed by atoms with Crippen LogP contribution in [0.1, 0.15) is 36.6 Å². The van der Waals surface area contributed by atoms with E-state index < -0.39 is 6.04 Å². The van der Waals surface area contributed by atoms with Crippen molar-refractivity contribution in [2.45, 2.75) is 45.8 Å². The quantitative estimate of drug-likeness (QED) is 0.520. The number of nitrogens with zero attached hydrogens (tertiary/aromatic N) is 4. The number of rotatable bonds is 9. The highest BCUT2D eigenvalue weighted by atomic mass is 32.1. The molecular weight excluding hydrogens is 440 g/mol. The molecule has 1 aromatic carbocycles. The minimum atomic E-state index is -0.476. The van der Waals surface area contributed by atoms with Gasteiger partial charge in [-0.2, -0.15) is 0 Å². The predicted molar refractivity (Wildman–Crippen MR) is 127 cm³/mol. The van der Waals surface area contributed by atoms with Crippen LogP contribution >= 0.6 is 11.3 Å². The van der Waals surface area contributed by atoms with Crippen molar-refractivity contribution < 1.29 is 19.1 Å². The number of thiazole rings is 1. The first-order chi connectivity index (χ1) is 16.1. The molecule has 1 aromatic heterocycles. The summed E-state index contributed by atoms with van der Waals surface area (Å²) in [6, 6.07) is 7.74. The van der Waals surface area contributed by atoms with Crippen LogP contribution in [0.25, 0.3) is 0 Å². The summed E-state index contributed by atoms with van der Waals surface area (Å²) in [4.78, 5) is 36.5. The van der Waals surface area contributed by atoms with Crippen molar-refractivity contribution >= 4 is 28.9 Å². The number of benzene rings is 1. The number of likely N-dealkylation sites (tertiary alicyclic amines) is 1. The Labute approximate surface area is 199 Å². The molecule has 2 saturated heterocycles. The van der Waals surface area contributed by atoms with Gasteiger partial charge in [-0.15, -0.1) is 11.3 Å². The average molecular weight is 473 g/mol. The molecule has 0 bridgehead atoms. The van der Waals surface area contributed by atoms with Crippen LogP contribution in [0.2, 0.25) is 0 Å². The fourth-order valence-corrected chi connectivity index (χ4v) is 5.38. The summed E-state index contributed by atoms with van der Waals surface area (Å²) in [5.41, 5.74) is 1.15. The van der Waals surface area contributed by atoms with Crippen molar-refractivity contribution in [1.82, 2.24) is 14.8 Å². The molecule has 0 aliphatic carbocycles. The smallest absolute Gasteiger partial charge is 0.328 e. The second kappa shape index (κ2) is 11.0. The number of ether oxygens (including phenoxy) is 2. The van der Waals surface area contributed by atoms with E-state index in [1.54, 1.807) is 23.2 Å². The second-order valence-electron chi connectivity index (χ2n) is 8.21. The maximum atomic E-state index is 12.3. The van der Waals surface area contributed by atoms with Gasteiger partial charge in [-0.05, 0) is 32.4 Å². The van der Waals surface area contributed by atoms with Gasteiger partial charge in [0.1, 0.15) is 16.8 Å². The van der Waals surface area contributed by atoms with Crippen LogP contribution < -0.4 is 9.64 Å². The van der Waals surface area contributed by atoms with Crippen LogP contribution in [0.4, 0.5) is 5.69 Å². The third-order valence-electron chi connectivity index (χ3n) is 6.05. The highest BCUT2D eigenvalue weighted by Gasteiger charge is 2.37. The lowest BCUT2D eigenvalue weighted by Crippen LogP contribution is -2.46. The summed E-state index contributed by atoms with van der Waals surface area (Å²) in [6.07, 6.45) is 2.76. The first-order valence-electron chi connectivity index (χ1n) is 11.7. The van der Waals surface area contributed by atoms with Gasteiger partial charge in [-0.1, -0.05) is 12.1 Å². The minimum absolute atomic E-state index is 0.00598. The monoisotopic (exact) mass is 472 g/mol. The van der Waals surface area contributed by atoms with E-state index in [4.69, 9.17) is 9.47 Å². The van der Waals surface area contributed by atoms with E-state index in [0.29, 0.717) is 32.6 Å². The Hall–Kier alpha value is -2.65. The van der Waals surface area contributed by atoms with Gasteiger partial charge >= 0.3 is 5.97 Å². The van der Waals surface area contributed by atoms with Gasteiger partial charge in [0.25, 0.3) is 0 Å². The zero-order valence-corrected chi connectivity index (χ0v) is 20.2. The van der Waals surface area contributed by atoms with Crippen LogP contribution in [0.3, 0.4) is 0 Å². The fourth-order valence-electron chi connectivity index (χ4n) is 4.41. The van der Waals surface area contributed by atoms with Gasteiger partial charge < -0.3 is 19.3 Å². The molecule has 2 fully saturated rings. The molecule has 0 radical (unpaired) electrons. The van der Waals surface area contributed by atoms with Crippen molar-refractivity contribution in [2.75, 3.05) is 44.3 Å². The van der Waals surface area contributed by atoms with E-state index in [9.17, 15) is 9.59 Å². The minimum Gasteiger partial charge on any atom is -0.492 e. The van der Waals surface area contributed by atoms with Gasteiger partial charge in [0.15, 0.2) is 0 Å². The summed E-state index contributed by atoms with van der Waals surface area (Å²) >= 11 is 1.62.